The predicted octanol–water partition coefficient (Wildman–Crippen LogP) is 4.82. The van der Waals surface area contributed by atoms with E-state index in [1.54, 1.807) is 0 Å². The fourth-order valence-corrected chi connectivity index (χ4v) is 3.93. The third kappa shape index (κ3) is 6.16. The monoisotopic (exact) mass is 442 g/mol. The molecular formula is C25H31ClN2O3. The zero-order valence-electron chi connectivity index (χ0n) is 18.0. The van der Waals surface area contributed by atoms with Crippen LogP contribution in [0.2, 0.25) is 5.02 Å². The van der Waals surface area contributed by atoms with E-state index < -0.39 is 0 Å². The summed E-state index contributed by atoms with van der Waals surface area (Å²) in [4.78, 5) is 0. The minimum absolute atomic E-state index is 0.220. The standard InChI is InChI=1S/C25H31ClN2O3/c1-18(15-19-3-7-23-20(16-19)9-12-28(23)11-2-13-29)27-10-14-30-24-8-4-21(26)17-25(24)31-22-5-6-22/h3-4,7-9,12,16-18,22,27,29H,2,5-6,10-11,13-15H2,1H3/t18-/m1/s1. The first-order chi connectivity index (χ1) is 15.1. The topological polar surface area (TPSA) is 55.7 Å². The number of nitrogens with zero attached hydrogens (tertiary/aromatic N) is 1. The van der Waals surface area contributed by atoms with Crippen LogP contribution in [0.3, 0.4) is 0 Å². The second-order valence-electron chi connectivity index (χ2n) is 8.30. The smallest absolute Gasteiger partial charge is 0.163 e. The molecule has 1 saturated carbocycles. The number of ether oxygens (including phenoxy) is 2. The van der Waals surface area contributed by atoms with Gasteiger partial charge in [0.15, 0.2) is 11.5 Å². The summed E-state index contributed by atoms with van der Waals surface area (Å²) in [6.45, 7) is 4.59. The van der Waals surface area contributed by atoms with Crippen molar-refractivity contribution in [1.82, 2.24) is 9.88 Å². The summed E-state index contributed by atoms with van der Waals surface area (Å²) in [5.41, 5.74) is 2.53. The van der Waals surface area contributed by atoms with Gasteiger partial charge in [-0.2, -0.15) is 0 Å². The van der Waals surface area contributed by atoms with Crippen LogP contribution in [0.5, 0.6) is 11.5 Å². The highest BCUT2D eigenvalue weighted by molar-refractivity contribution is 6.30. The summed E-state index contributed by atoms with van der Waals surface area (Å²) >= 11 is 6.10. The number of rotatable bonds is 12. The highest BCUT2D eigenvalue weighted by Crippen LogP contribution is 2.35. The van der Waals surface area contributed by atoms with Crippen LogP contribution in [0.4, 0.5) is 0 Å². The third-order valence-corrected chi connectivity index (χ3v) is 5.75. The first-order valence-electron chi connectivity index (χ1n) is 11.1. The summed E-state index contributed by atoms with van der Waals surface area (Å²) in [7, 11) is 0. The van der Waals surface area contributed by atoms with Gasteiger partial charge >= 0.3 is 0 Å². The molecule has 2 aromatic carbocycles. The molecule has 166 valence electrons. The van der Waals surface area contributed by atoms with Gasteiger partial charge < -0.3 is 24.5 Å². The average Bonchev–Trinajstić information content (AvgIpc) is 3.48. The molecule has 1 fully saturated rings. The lowest BCUT2D eigenvalue weighted by molar-refractivity contribution is 0.257. The Bertz CT molecular complexity index is 1000. The van der Waals surface area contributed by atoms with E-state index >= 15 is 0 Å². The molecule has 31 heavy (non-hydrogen) atoms. The summed E-state index contributed by atoms with van der Waals surface area (Å²) in [5.74, 6) is 1.49. The Labute approximate surface area is 188 Å². The van der Waals surface area contributed by atoms with Gasteiger partial charge in [0.2, 0.25) is 0 Å². The number of aliphatic hydroxyl groups is 1. The van der Waals surface area contributed by atoms with Crippen LogP contribution >= 0.6 is 11.6 Å². The highest BCUT2D eigenvalue weighted by Gasteiger charge is 2.25. The molecule has 0 aliphatic heterocycles. The Morgan fingerprint density at radius 1 is 1.16 bits per heavy atom. The van der Waals surface area contributed by atoms with Gasteiger partial charge in [-0.15, -0.1) is 0 Å². The summed E-state index contributed by atoms with van der Waals surface area (Å²) < 4.78 is 14.1. The van der Waals surface area contributed by atoms with E-state index in [1.165, 1.54) is 16.5 Å². The molecule has 1 aliphatic rings. The number of hydrogen-bond donors (Lipinski definition) is 2. The molecule has 0 amide bonds. The second kappa shape index (κ2) is 10.4. The number of hydrogen-bond acceptors (Lipinski definition) is 4. The van der Waals surface area contributed by atoms with Crippen LogP contribution in [0.1, 0.15) is 31.7 Å². The first-order valence-corrected chi connectivity index (χ1v) is 11.5. The van der Waals surface area contributed by atoms with Crippen LogP contribution in [0.15, 0.2) is 48.7 Å². The summed E-state index contributed by atoms with van der Waals surface area (Å²) in [5, 5.41) is 14.5. The number of aliphatic hydroxyl groups excluding tert-OH is 1. The lowest BCUT2D eigenvalue weighted by Gasteiger charge is -2.16. The molecule has 0 saturated heterocycles. The maximum Gasteiger partial charge on any atom is 0.163 e. The minimum atomic E-state index is 0.220. The number of halogens is 1. The van der Waals surface area contributed by atoms with Gasteiger partial charge in [-0.25, -0.2) is 0 Å². The van der Waals surface area contributed by atoms with Crippen LogP contribution in [-0.4, -0.2) is 41.6 Å². The number of fused-ring (bicyclic) bond motifs is 1. The summed E-state index contributed by atoms with van der Waals surface area (Å²) in [6.07, 6.45) is 6.34. The molecule has 6 heteroatoms. The number of benzene rings is 2. The van der Waals surface area contributed by atoms with Crippen LogP contribution in [0.25, 0.3) is 10.9 Å². The van der Waals surface area contributed by atoms with Crippen molar-refractivity contribution < 1.29 is 14.6 Å². The molecule has 1 aliphatic carbocycles. The average molecular weight is 443 g/mol. The molecule has 2 N–H and O–H groups in total. The lowest BCUT2D eigenvalue weighted by Crippen LogP contribution is -2.31. The Morgan fingerprint density at radius 2 is 2.03 bits per heavy atom. The quantitative estimate of drug-likeness (QED) is 0.395. The van der Waals surface area contributed by atoms with Gasteiger partial charge in [0, 0.05) is 48.5 Å². The van der Waals surface area contributed by atoms with Crippen molar-refractivity contribution in [2.24, 2.45) is 0 Å². The van der Waals surface area contributed by atoms with Gasteiger partial charge in [0.25, 0.3) is 0 Å². The van der Waals surface area contributed by atoms with Gasteiger partial charge in [-0.1, -0.05) is 17.7 Å². The van der Waals surface area contributed by atoms with Gasteiger partial charge in [0.1, 0.15) is 6.61 Å². The van der Waals surface area contributed by atoms with E-state index in [4.69, 9.17) is 26.2 Å². The van der Waals surface area contributed by atoms with Gasteiger partial charge in [-0.05, 0) is 73.9 Å². The fourth-order valence-electron chi connectivity index (χ4n) is 3.76. The molecule has 1 heterocycles. The molecule has 1 aromatic heterocycles. The van der Waals surface area contributed by atoms with Crippen molar-refractivity contribution in [2.75, 3.05) is 19.8 Å². The fraction of sp³-hybridized carbons (Fsp3) is 0.440. The number of aryl methyl sites for hydroxylation is 1. The number of aromatic nitrogens is 1. The van der Waals surface area contributed by atoms with Gasteiger partial charge in [-0.3, -0.25) is 0 Å². The Kier molecular flexibility index (Phi) is 7.38. The predicted molar refractivity (Wildman–Crippen MR) is 125 cm³/mol. The normalized spacial score (nSPS) is 14.7. The molecule has 0 radical (unpaired) electrons. The third-order valence-electron chi connectivity index (χ3n) is 5.51. The maximum atomic E-state index is 9.05. The zero-order valence-corrected chi connectivity index (χ0v) is 18.8. The Hall–Kier alpha value is -2.21. The van der Waals surface area contributed by atoms with Crippen molar-refractivity contribution in [3.05, 3.63) is 59.2 Å². The van der Waals surface area contributed by atoms with E-state index in [-0.39, 0.29) is 6.61 Å². The first kappa shape index (κ1) is 22.0. The van der Waals surface area contributed by atoms with E-state index in [0.29, 0.717) is 23.8 Å². The molecule has 0 spiro atoms. The van der Waals surface area contributed by atoms with E-state index in [1.807, 2.05) is 18.2 Å². The van der Waals surface area contributed by atoms with Crippen molar-refractivity contribution >= 4 is 22.5 Å². The SMILES string of the molecule is C[C@H](Cc1ccc2c(ccn2CCCO)c1)NCCOc1ccc(Cl)cc1OC1CC1. The zero-order chi connectivity index (χ0) is 21.6. The van der Waals surface area contributed by atoms with E-state index in [9.17, 15) is 0 Å². The highest BCUT2D eigenvalue weighted by atomic mass is 35.5. The second-order valence-corrected chi connectivity index (χ2v) is 8.73. The van der Waals surface area contributed by atoms with Gasteiger partial charge in [0.05, 0.1) is 6.10 Å². The molecule has 1 atom stereocenters. The summed E-state index contributed by atoms with van der Waals surface area (Å²) in [6, 6.07) is 14.7. The molecule has 3 aromatic rings. The van der Waals surface area contributed by atoms with Crippen molar-refractivity contribution in [1.29, 1.82) is 0 Å². The van der Waals surface area contributed by atoms with Crippen molar-refractivity contribution in [2.45, 2.75) is 51.3 Å². The van der Waals surface area contributed by atoms with Crippen LogP contribution in [-0.2, 0) is 13.0 Å². The maximum absolute atomic E-state index is 9.05. The lowest BCUT2D eigenvalue weighted by atomic mass is 10.1. The van der Waals surface area contributed by atoms with Crippen LogP contribution < -0.4 is 14.8 Å². The Morgan fingerprint density at radius 3 is 2.84 bits per heavy atom. The molecular weight excluding hydrogens is 412 g/mol. The molecule has 0 bridgehead atoms. The van der Waals surface area contributed by atoms with Crippen molar-refractivity contribution in [3.63, 3.8) is 0 Å². The Balaban J connectivity index is 1.24. The van der Waals surface area contributed by atoms with E-state index in [0.717, 1.165) is 50.3 Å². The van der Waals surface area contributed by atoms with E-state index in [2.05, 4.69) is 47.3 Å². The van der Waals surface area contributed by atoms with Crippen LogP contribution in [0, 0.1) is 0 Å². The molecule has 5 nitrogen and oxygen atoms in total. The van der Waals surface area contributed by atoms with Crippen molar-refractivity contribution in [3.8, 4) is 11.5 Å². The number of nitrogens with one attached hydrogen (secondary N) is 1. The minimum Gasteiger partial charge on any atom is -0.488 e. The molecule has 0 unspecified atom stereocenters. The largest absolute Gasteiger partial charge is 0.488 e. The molecule has 4 rings (SSSR count).